The molecule has 0 aromatic heterocycles. The van der Waals surface area contributed by atoms with Crippen molar-refractivity contribution < 1.29 is 14.6 Å². The molecule has 7 rings (SSSR count). The summed E-state index contributed by atoms with van der Waals surface area (Å²) in [5.41, 5.74) is 1.50. The molecule has 0 N–H and O–H groups in total. The minimum atomic E-state index is -0.376. The van der Waals surface area contributed by atoms with Crippen molar-refractivity contribution in [2.24, 2.45) is 0 Å². The molecule has 1 atom stereocenters. The predicted molar refractivity (Wildman–Crippen MR) is 127 cm³/mol. The lowest BCUT2D eigenvalue weighted by molar-refractivity contribution is -0.522. The first-order valence-corrected chi connectivity index (χ1v) is 10.8. The van der Waals surface area contributed by atoms with E-state index in [1.54, 1.807) is 6.07 Å². The van der Waals surface area contributed by atoms with E-state index in [1.807, 2.05) is 54.6 Å². The summed E-state index contributed by atoms with van der Waals surface area (Å²) in [4.78, 5) is 33.6. The molecule has 0 fully saturated rings. The number of ketones is 1. The van der Waals surface area contributed by atoms with Gasteiger partial charge >= 0.3 is 0 Å². The highest BCUT2D eigenvalue weighted by molar-refractivity contribution is 6.28. The summed E-state index contributed by atoms with van der Waals surface area (Å²) in [5.74, 6) is 0.0187. The molecular formula is C26H20N2O5. The molecule has 33 heavy (non-hydrogen) atoms. The van der Waals surface area contributed by atoms with Crippen molar-refractivity contribution in [1.29, 1.82) is 0 Å². The van der Waals surface area contributed by atoms with Gasteiger partial charge in [0.2, 0.25) is 6.04 Å². The molecular weight excluding hydrogens is 420 g/mol. The largest absolute Gasteiger partial charge is 0.294 e. The van der Waals surface area contributed by atoms with E-state index < -0.39 is 0 Å². The minimum absolute atomic E-state index is 0.0187. The Morgan fingerprint density at radius 1 is 0.848 bits per heavy atom. The average Bonchev–Trinajstić information content (AvgIpc) is 3.00. The lowest BCUT2D eigenvalue weighted by Crippen LogP contribution is -2.19. The number of Topliss-reactive ketones (excluding diaryl/α,β-unsaturated/α-hetero) is 1. The molecule has 3 aliphatic rings. The van der Waals surface area contributed by atoms with E-state index in [2.05, 4.69) is 0 Å². The first kappa shape index (κ1) is 20.8. The Bertz CT molecular complexity index is 1510. The zero-order valence-electron chi connectivity index (χ0n) is 17.7. The number of fused-ring (bicyclic) bond motifs is 2. The Balaban J connectivity index is 0.000000215. The Hall–Kier alpha value is -4.13. The number of non-ortho nitro benzene ring substituents is 1. The fourth-order valence-electron chi connectivity index (χ4n) is 4.89. The minimum Gasteiger partial charge on any atom is -0.294 e. The van der Waals surface area contributed by atoms with E-state index in [0.717, 1.165) is 33.5 Å². The van der Waals surface area contributed by atoms with E-state index in [4.69, 9.17) is 0 Å². The fraction of sp³-hybridized carbons (Fsp3) is 0.192. The lowest BCUT2D eigenvalue weighted by atomic mass is 9.93. The van der Waals surface area contributed by atoms with Crippen molar-refractivity contribution in [3.8, 4) is 0 Å². The van der Waals surface area contributed by atoms with Crippen molar-refractivity contribution in [2.45, 2.75) is 31.7 Å². The smallest absolute Gasteiger partial charge is 0.277 e. The standard InChI is InChI=1S/C20H11NO3.C6H9NO2/c22-18-10-12-9-16-17(21(23)24)8-7-14(18)20(16)15-6-5-11-3-1-2-4-13(11)19(12)15;8-7(9)6-4-2-1-3-5-6/h1-9H,10H2;1-2,6H,3-5H2. The quantitative estimate of drug-likeness (QED) is 0.161. The second-order valence-electron chi connectivity index (χ2n) is 8.38. The van der Waals surface area contributed by atoms with Crippen LogP contribution in [0, 0.1) is 20.2 Å². The monoisotopic (exact) mass is 440 g/mol. The number of hydrogen-bond acceptors (Lipinski definition) is 5. The van der Waals surface area contributed by atoms with Crippen LogP contribution in [0.2, 0.25) is 0 Å². The first-order chi connectivity index (χ1) is 16.0. The highest BCUT2D eigenvalue weighted by Crippen LogP contribution is 2.42. The molecule has 4 aromatic rings. The van der Waals surface area contributed by atoms with Gasteiger partial charge in [0.15, 0.2) is 5.78 Å². The third kappa shape index (κ3) is 3.51. The molecule has 3 aliphatic carbocycles. The Labute approximate surface area is 188 Å². The molecule has 0 amide bonds. The number of benzene rings is 4. The molecule has 164 valence electrons. The maximum atomic E-state index is 12.6. The number of carbonyl (C=O) groups is 1. The fourth-order valence-corrected chi connectivity index (χ4v) is 4.89. The first-order valence-electron chi connectivity index (χ1n) is 10.8. The summed E-state index contributed by atoms with van der Waals surface area (Å²) in [7, 11) is 0. The van der Waals surface area contributed by atoms with Crippen LogP contribution in [0.25, 0.3) is 32.3 Å². The second kappa shape index (κ2) is 8.09. The van der Waals surface area contributed by atoms with Gasteiger partial charge < -0.3 is 0 Å². The molecule has 0 radical (unpaired) electrons. The van der Waals surface area contributed by atoms with Crippen LogP contribution >= 0.6 is 0 Å². The van der Waals surface area contributed by atoms with Gasteiger partial charge in [0.05, 0.1) is 10.3 Å². The highest BCUT2D eigenvalue weighted by Gasteiger charge is 2.26. The van der Waals surface area contributed by atoms with Gasteiger partial charge in [-0.2, -0.15) is 0 Å². The number of allylic oxidation sites excluding steroid dienone is 1. The van der Waals surface area contributed by atoms with Gasteiger partial charge in [-0.3, -0.25) is 25.0 Å². The number of carbonyl (C=O) groups excluding carboxylic acids is 1. The zero-order chi connectivity index (χ0) is 23.1. The number of rotatable bonds is 2. The Morgan fingerprint density at radius 2 is 1.67 bits per heavy atom. The topological polar surface area (TPSA) is 103 Å². The maximum Gasteiger partial charge on any atom is 0.277 e. The van der Waals surface area contributed by atoms with Crippen molar-refractivity contribution in [3.05, 3.63) is 98.1 Å². The van der Waals surface area contributed by atoms with Crippen LogP contribution < -0.4 is 0 Å². The molecule has 0 aliphatic heterocycles. The van der Waals surface area contributed by atoms with Gasteiger partial charge in [-0.1, -0.05) is 48.6 Å². The van der Waals surface area contributed by atoms with Crippen LogP contribution in [0.3, 0.4) is 0 Å². The van der Waals surface area contributed by atoms with Crippen LogP contribution in [-0.2, 0) is 6.42 Å². The van der Waals surface area contributed by atoms with E-state index >= 15 is 0 Å². The molecule has 7 nitrogen and oxygen atoms in total. The van der Waals surface area contributed by atoms with Crippen molar-refractivity contribution in [3.63, 3.8) is 0 Å². The summed E-state index contributed by atoms with van der Waals surface area (Å²) in [6.45, 7) is 0. The zero-order valence-corrected chi connectivity index (χ0v) is 17.7. The highest BCUT2D eigenvalue weighted by atomic mass is 16.6. The second-order valence-corrected chi connectivity index (χ2v) is 8.38. The van der Waals surface area contributed by atoms with Gasteiger partial charge in [0.25, 0.3) is 5.69 Å². The number of nitro groups is 2. The van der Waals surface area contributed by atoms with Gasteiger partial charge in [0, 0.05) is 41.2 Å². The molecule has 0 heterocycles. The average molecular weight is 440 g/mol. The van der Waals surface area contributed by atoms with Crippen molar-refractivity contribution in [2.75, 3.05) is 0 Å². The maximum absolute atomic E-state index is 12.6. The van der Waals surface area contributed by atoms with E-state index in [0.29, 0.717) is 29.2 Å². The number of nitro benzene ring substituents is 1. The molecule has 0 saturated heterocycles. The van der Waals surface area contributed by atoms with Crippen LogP contribution in [0.5, 0.6) is 0 Å². The summed E-state index contributed by atoms with van der Waals surface area (Å²) < 4.78 is 0. The number of nitrogens with zero attached hydrogens (tertiary/aromatic N) is 2. The molecule has 4 bridgehead atoms. The molecule has 0 saturated carbocycles. The third-order valence-electron chi connectivity index (χ3n) is 6.45. The van der Waals surface area contributed by atoms with Gasteiger partial charge in [-0.05, 0) is 45.7 Å². The Morgan fingerprint density at radius 3 is 2.36 bits per heavy atom. The summed E-state index contributed by atoms with van der Waals surface area (Å²) in [5, 5.41) is 26.9. The molecule has 1 unspecified atom stereocenters. The predicted octanol–water partition coefficient (Wildman–Crippen LogP) is 6.17. The van der Waals surface area contributed by atoms with Crippen LogP contribution in [-0.4, -0.2) is 21.7 Å². The van der Waals surface area contributed by atoms with Crippen LogP contribution in [0.1, 0.15) is 35.2 Å². The normalized spacial score (nSPS) is 16.7. The molecule has 7 heteroatoms. The van der Waals surface area contributed by atoms with Gasteiger partial charge in [-0.15, -0.1) is 0 Å². The molecule has 4 aromatic carbocycles. The van der Waals surface area contributed by atoms with Crippen LogP contribution in [0.4, 0.5) is 5.69 Å². The van der Waals surface area contributed by atoms with Crippen molar-refractivity contribution in [1.82, 2.24) is 0 Å². The van der Waals surface area contributed by atoms with Crippen LogP contribution in [0.15, 0.2) is 66.7 Å². The summed E-state index contributed by atoms with van der Waals surface area (Å²) in [6.07, 6.45) is 6.36. The SMILES string of the molecule is O=C1Cc2cc3c([N+](=O)[O-])ccc1c3c1ccc3ccccc3c21.O=[N+]([O-])C1CC=CCC1. The number of hydrogen-bond donors (Lipinski definition) is 0. The van der Waals surface area contributed by atoms with Gasteiger partial charge in [0.1, 0.15) is 0 Å². The van der Waals surface area contributed by atoms with E-state index in [9.17, 15) is 25.0 Å². The molecule has 0 spiro atoms. The van der Waals surface area contributed by atoms with Gasteiger partial charge in [-0.25, -0.2) is 0 Å². The Kier molecular flexibility index (Phi) is 5.09. The third-order valence-corrected chi connectivity index (χ3v) is 6.45. The van der Waals surface area contributed by atoms with Crippen molar-refractivity contribution >= 4 is 43.8 Å². The van der Waals surface area contributed by atoms with E-state index in [1.165, 1.54) is 6.07 Å². The summed E-state index contributed by atoms with van der Waals surface area (Å²) >= 11 is 0. The summed E-state index contributed by atoms with van der Waals surface area (Å²) in [6, 6.07) is 16.6. The lowest BCUT2D eigenvalue weighted by Gasteiger charge is -2.10. The van der Waals surface area contributed by atoms with E-state index in [-0.39, 0.29) is 33.8 Å².